The standard InChI is InChI=1S/C20H15N3O2/c21-12-13-4-3-5-14(10-13)19(24)15-7-8-16-18(11-15)25-20(23-16)17-6-1-2-9-22-17/h1-6,9-10,15H,7-8,11H2. The number of pyridine rings is 1. The summed E-state index contributed by atoms with van der Waals surface area (Å²) in [4.78, 5) is 21.6. The maximum Gasteiger partial charge on any atom is 0.245 e. The highest BCUT2D eigenvalue weighted by molar-refractivity contribution is 5.98. The first-order chi connectivity index (χ1) is 12.2. The van der Waals surface area contributed by atoms with Gasteiger partial charge in [0, 0.05) is 24.1 Å². The van der Waals surface area contributed by atoms with Crippen molar-refractivity contribution in [2.75, 3.05) is 0 Å². The number of aryl methyl sites for hydroxylation is 1. The molecule has 5 heteroatoms. The molecule has 0 saturated carbocycles. The van der Waals surface area contributed by atoms with Crippen molar-refractivity contribution < 1.29 is 9.21 Å². The molecular weight excluding hydrogens is 314 g/mol. The van der Waals surface area contributed by atoms with E-state index < -0.39 is 0 Å². The molecule has 2 heterocycles. The van der Waals surface area contributed by atoms with Crippen molar-refractivity contribution in [2.45, 2.75) is 19.3 Å². The summed E-state index contributed by atoms with van der Waals surface area (Å²) in [6.45, 7) is 0. The molecule has 4 rings (SSSR count). The highest BCUT2D eigenvalue weighted by Gasteiger charge is 2.29. The number of oxazole rings is 1. The molecule has 1 aliphatic carbocycles. The molecule has 2 aromatic heterocycles. The molecule has 0 amide bonds. The Bertz CT molecular complexity index is 970. The number of Topliss-reactive ketones (excluding diaryl/α,β-unsaturated/α-hetero) is 1. The monoisotopic (exact) mass is 329 g/mol. The molecule has 0 fully saturated rings. The van der Waals surface area contributed by atoms with E-state index in [4.69, 9.17) is 9.68 Å². The van der Waals surface area contributed by atoms with Gasteiger partial charge in [-0.1, -0.05) is 18.2 Å². The predicted octanol–water partition coefficient (Wildman–Crippen LogP) is 3.60. The molecule has 1 unspecified atom stereocenters. The lowest BCUT2D eigenvalue weighted by atomic mass is 9.84. The zero-order valence-corrected chi connectivity index (χ0v) is 13.5. The zero-order chi connectivity index (χ0) is 17.2. The number of hydrogen-bond donors (Lipinski definition) is 0. The molecule has 0 spiro atoms. The average Bonchev–Trinajstić information content (AvgIpc) is 3.11. The Hall–Kier alpha value is -3.26. The molecule has 0 aliphatic heterocycles. The summed E-state index contributed by atoms with van der Waals surface area (Å²) in [5.41, 5.74) is 2.69. The first-order valence-corrected chi connectivity index (χ1v) is 8.19. The summed E-state index contributed by atoms with van der Waals surface area (Å²) in [7, 11) is 0. The molecule has 5 nitrogen and oxygen atoms in total. The molecule has 1 aromatic carbocycles. The van der Waals surface area contributed by atoms with Crippen LogP contribution in [0.3, 0.4) is 0 Å². The van der Waals surface area contributed by atoms with Crippen LogP contribution in [0.15, 0.2) is 53.1 Å². The smallest absolute Gasteiger partial charge is 0.245 e. The third-order valence-electron chi connectivity index (χ3n) is 4.47. The van der Waals surface area contributed by atoms with E-state index in [-0.39, 0.29) is 11.7 Å². The lowest BCUT2D eigenvalue weighted by Crippen LogP contribution is -2.22. The molecule has 0 saturated heterocycles. The van der Waals surface area contributed by atoms with E-state index in [0.29, 0.717) is 35.6 Å². The molecular formula is C20H15N3O2. The second-order valence-corrected chi connectivity index (χ2v) is 6.10. The fourth-order valence-corrected chi connectivity index (χ4v) is 3.18. The van der Waals surface area contributed by atoms with Gasteiger partial charge in [0.05, 0.1) is 17.3 Å². The third kappa shape index (κ3) is 2.94. The van der Waals surface area contributed by atoms with E-state index in [1.807, 2.05) is 18.2 Å². The van der Waals surface area contributed by atoms with Gasteiger partial charge in [0.25, 0.3) is 0 Å². The van der Waals surface area contributed by atoms with Gasteiger partial charge in [-0.15, -0.1) is 0 Å². The minimum Gasteiger partial charge on any atom is -0.440 e. The van der Waals surface area contributed by atoms with Crippen LogP contribution in [0.2, 0.25) is 0 Å². The lowest BCUT2D eigenvalue weighted by Gasteiger charge is -2.19. The first kappa shape index (κ1) is 15.3. The zero-order valence-electron chi connectivity index (χ0n) is 13.5. The van der Waals surface area contributed by atoms with Crippen LogP contribution in [-0.2, 0) is 12.8 Å². The second-order valence-electron chi connectivity index (χ2n) is 6.10. The van der Waals surface area contributed by atoms with Gasteiger partial charge in [-0.2, -0.15) is 5.26 Å². The maximum atomic E-state index is 12.8. The minimum absolute atomic E-state index is 0.0542. The Morgan fingerprint density at radius 2 is 2.16 bits per heavy atom. The number of nitriles is 1. The Morgan fingerprint density at radius 3 is 2.96 bits per heavy atom. The number of fused-ring (bicyclic) bond motifs is 1. The van der Waals surface area contributed by atoms with Crippen molar-refractivity contribution in [3.63, 3.8) is 0 Å². The van der Waals surface area contributed by atoms with E-state index in [1.165, 1.54) is 0 Å². The molecule has 0 bridgehead atoms. The van der Waals surface area contributed by atoms with E-state index in [9.17, 15) is 4.79 Å². The van der Waals surface area contributed by atoms with Gasteiger partial charge in [0.2, 0.25) is 5.89 Å². The number of hydrogen-bond acceptors (Lipinski definition) is 5. The maximum absolute atomic E-state index is 12.8. The van der Waals surface area contributed by atoms with Gasteiger partial charge in [0.1, 0.15) is 11.5 Å². The van der Waals surface area contributed by atoms with E-state index in [2.05, 4.69) is 16.0 Å². The molecule has 122 valence electrons. The van der Waals surface area contributed by atoms with Crippen molar-refractivity contribution in [3.05, 3.63) is 71.2 Å². The number of rotatable bonds is 3. The number of aromatic nitrogens is 2. The lowest BCUT2D eigenvalue weighted by molar-refractivity contribution is 0.0903. The van der Waals surface area contributed by atoms with Crippen molar-refractivity contribution in [2.24, 2.45) is 5.92 Å². The number of benzene rings is 1. The van der Waals surface area contributed by atoms with Crippen LogP contribution in [0.25, 0.3) is 11.6 Å². The fraction of sp³-hybridized carbons (Fsp3) is 0.200. The average molecular weight is 329 g/mol. The van der Waals surface area contributed by atoms with Crippen LogP contribution in [0.5, 0.6) is 0 Å². The van der Waals surface area contributed by atoms with Gasteiger partial charge in [-0.05, 0) is 37.1 Å². The highest BCUT2D eigenvalue weighted by atomic mass is 16.4. The van der Waals surface area contributed by atoms with Crippen molar-refractivity contribution >= 4 is 5.78 Å². The third-order valence-corrected chi connectivity index (χ3v) is 4.47. The molecule has 0 N–H and O–H groups in total. The minimum atomic E-state index is -0.147. The highest BCUT2D eigenvalue weighted by Crippen LogP contribution is 2.31. The van der Waals surface area contributed by atoms with E-state index in [1.54, 1.807) is 30.5 Å². The van der Waals surface area contributed by atoms with Gasteiger partial charge in [0.15, 0.2) is 5.78 Å². The van der Waals surface area contributed by atoms with Crippen molar-refractivity contribution in [1.82, 2.24) is 9.97 Å². The van der Waals surface area contributed by atoms with Crippen LogP contribution in [0.1, 0.15) is 33.8 Å². The summed E-state index contributed by atoms with van der Waals surface area (Å²) in [5.74, 6) is 1.18. The number of nitrogens with zero attached hydrogens (tertiary/aromatic N) is 3. The van der Waals surface area contributed by atoms with E-state index in [0.717, 1.165) is 17.9 Å². The Labute approximate surface area is 145 Å². The van der Waals surface area contributed by atoms with Crippen LogP contribution < -0.4 is 0 Å². The molecule has 3 aromatic rings. The molecule has 25 heavy (non-hydrogen) atoms. The van der Waals surface area contributed by atoms with Crippen LogP contribution in [0.4, 0.5) is 0 Å². The topological polar surface area (TPSA) is 79.8 Å². The Balaban J connectivity index is 1.58. The number of carbonyl (C=O) groups excluding carboxylic acids is 1. The normalized spacial score (nSPS) is 16.0. The number of ketones is 1. The van der Waals surface area contributed by atoms with E-state index >= 15 is 0 Å². The Kier molecular flexibility index (Phi) is 3.87. The summed E-state index contributed by atoms with van der Waals surface area (Å²) >= 11 is 0. The Morgan fingerprint density at radius 1 is 1.24 bits per heavy atom. The van der Waals surface area contributed by atoms with Gasteiger partial charge in [-0.3, -0.25) is 9.78 Å². The predicted molar refractivity (Wildman–Crippen MR) is 90.7 cm³/mol. The SMILES string of the molecule is N#Cc1cccc(C(=O)C2CCc3nc(-c4ccccn4)oc3C2)c1. The summed E-state index contributed by atoms with van der Waals surface area (Å²) < 4.78 is 5.88. The summed E-state index contributed by atoms with van der Waals surface area (Å²) in [5, 5.41) is 9.00. The van der Waals surface area contributed by atoms with Gasteiger partial charge in [-0.25, -0.2) is 4.98 Å². The van der Waals surface area contributed by atoms with Crippen LogP contribution in [0, 0.1) is 17.2 Å². The summed E-state index contributed by atoms with van der Waals surface area (Å²) in [6, 6.07) is 14.5. The van der Waals surface area contributed by atoms with Crippen LogP contribution in [-0.4, -0.2) is 15.8 Å². The largest absolute Gasteiger partial charge is 0.440 e. The summed E-state index contributed by atoms with van der Waals surface area (Å²) in [6.07, 6.45) is 3.68. The fourth-order valence-electron chi connectivity index (χ4n) is 3.18. The van der Waals surface area contributed by atoms with Crippen molar-refractivity contribution in [3.8, 4) is 17.7 Å². The molecule has 1 atom stereocenters. The quantitative estimate of drug-likeness (QED) is 0.686. The van der Waals surface area contributed by atoms with Gasteiger partial charge < -0.3 is 4.42 Å². The van der Waals surface area contributed by atoms with Gasteiger partial charge >= 0.3 is 0 Å². The molecule has 0 radical (unpaired) electrons. The van der Waals surface area contributed by atoms with Crippen LogP contribution >= 0.6 is 0 Å². The first-order valence-electron chi connectivity index (χ1n) is 8.19. The molecule has 1 aliphatic rings. The van der Waals surface area contributed by atoms with Crippen molar-refractivity contribution in [1.29, 1.82) is 5.26 Å². The number of carbonyl (C=O) groups is 1. The second kappa shape index (κ2) is 6.33.